The first-order chi connectivity index (χ1) is 14.3. The van der Waals surface area contributed by atoms with E-state index in [-0.39, 0.29) is 12.0 Å². The van der Waals surface area contributed by atoms with Gasteiger partial charge >= 0.3 is 0 Å². The first-order valence-corrected chi connectivity index (χ1v) is 10.6. The molecular weight excluding hydrogens is 384 g/mol. The zero-order chi connectivity index (χ0) is 21.4. The lowest BCUT2D eigenvalue weighted by atomic mass is 9.64. The third-order valence-corrected chi connectivity index (χ3v) is 6.63. The molecule has 2 heterocycles. The molecule has 1 spiro atoms. The van der Waals surface area contributed by atoms with Crippen LogP contribution in [0.5, 0.6) is 5.75 Å². The molecule has 0 amide bonds. The van der Waals surface area contributed by atoms with Gasteiger partial charge in [-0.25, -0.2) is 4.98 Å². The Kier molecular flexibility index (Phi) is 5.66. The van der Waals surface area contributed by atoms with E-state index in [0.29, 0.717) is 51.1 Å². The summed E-state index contributed by atoms with van der Waals surface area (Å²) >= 11 is 0. The van der Waals surface area contributed by atoms with Crippen molar-refractivity contribution in [2.45, 2.75) is 57.5 Å². The third kappa shape index (κ3) is 3.64. The van der Waals surface area contributed by atoms with Gasteiger partial charge in [0.1, 0.15) is 11.4 Å². The molecule has 1 aromatic carbocycles. The lowest BCUT2D eigenvalue weighted by Crippen LogP contribution is -2.54. The number of hydrogen-bond donors (Lipinski definition) is 2. The molecular formula is C23H32N2O5. The van der Waals surface area contributed by atoms with Crippen molar-refractivity contribution in [3.8, 4) is 5.75 Å². The second-order valence-corrected chi connectivity index (χ2v) is 9.03. The van der Waals surface area contributed by atoms with Gasteiger partial charge in [0.15, 0.2) is 5.79 Å². The molecule has 1 aliphatic carbocycles. The van der Waals surface area contributed by atoms with Crippen LogP contribution in [-0.2, 0) is 28.0 Å². The first kappa shape index (κ1) is 21.3. The fourth-order valence-corrected chi connectivity index (χ4v) is 5.08. The van der Waals surface area contributed by atoms with Gasteiger partial charge in [-0.2, -0.15) is 0 Å². The van der Waals surface area contributed by atoms with Gasteiger partial charge in [-0.05, 0) is 30.5 Å². The van der Waals surface area contributed by atoms with Gasteiger partial charge in [-0.3, -0.25) is 0 Å². The van der Waals surface area contributed by atoms with Crippen molar-refractivity contribution in [1.82, 2.24) is 9.55 Å². The third-order valence-electron chi connectivity index (χ3n) is 6.63. The molecule has 1 atom stereocenters. The Labute approximate surface area is 177 Å². The minimum absolute atomic E-state index is 0.00304. The highest BCUT2D eigenvalue weighted by Gasteiger charge is 2.58. The zero-order valence-corrected chi connectivity index (χ0v) is 18.1. The number of rotatable bonds is 6. The molecule has 7 nitrogen and oxygen atoms in total. The van der Waals surface area contributed by atoms with Crippen LogP contribution in [0.2, 0.25) is 0 Å². The van der Waals surface area contributed by atoms with Crippen LogP contribution in [0.15, 0.2) is 30.6 Å². The van der Waals surface area contributed by atoms with E-state index < -0.39 is 11.4 Å². The van der Waals surface area contributed by atoms with Gasteiger partial charge < -0.3 is 29.0 Å². The maximum atomic E-state index is 11.7. The van der Waals surface area contributed by atoms with Crippen LogP contribution in [0.3, 0.4) is 0 Å². The number of methoxy groups -OCH3 is 1. The molecule has 1 aromatic heterocycles. The van der Waals surface area contributed by atoms with Crippen LogP contribution in [0.4, 0.5) is 0 Å². The van der Waals surface area contributed by atoms with Crippen molar-refractivity contribution in [2.24, 2.45) is 5.41 Å². The summed E-state index contributed by atoms with van der Waals surface area (Å²) in [6, 6.07) is 7.88. The summed E-state index contributed by atoms with van der Waals surface area (Å²) in [5.74, 6) is 0.173. The molecule has 0 bridgehead atoms. The number of benzene rings is 1. The average Bonchev–Trinajstić information content (AvgIpc) is 3.35. The number of aliphatic hydroxyl groups is 2. The molecule has 4 rings (SSSR count). The molecule has 2 aromatic rings. The van der Waals surface area contributed by atoms with Crippen molar-refractivity contribution in [1.29, 1.82) is 0 Å². The van der Waals surface area contributed by atoms with Gasteiger partial charge in [0.25, 0.3) is 0 Å². The number of aliphatic hydroxyl groups excluding tert-OH is 1. The van der Waals surface area contributed by atoms with Crippen LogP contribution in [-0.4, -0.2) is 52.5 Å². The van der Waals surface area contributed by atoms with Gasteiger partial charge in [-0.15, -0.1) is 0 Å². The number of ether oxygens (including phenoxy) is 3. The number of nitrogens with zero attached hydrogens (tertiary/aromatic N) is 2. The molecule has 7 heteroatoms. The molecule has 2 N–H and O–H groups in total. The minimum atomic E-state index is -1.08. The van der Waals surface area contributed by atoms with Crippen LogP contribution in [0.1, 0.15) is 50.1 Å². The van der Waals surface area contributed by atoms with Crippen LogP contribution < -0.4 is 4.74 Å². The maximum Gasteiger partial charge on any atom is 0.173 e. The summed E-state index contributed by atoms with van der Waals surface area (Å²) in [7, 11) is 1.65. The largest absolute Gasteiger partial charge is 0.497 e. The van der Waals surface area contributed by atoms with Crippen molar-refractivity contribution in [3.05, 3.63) is 47.5 Å². The fourth-order valence-electron chi connectivity index (χ4n) is 5.08. The number of hydrogen-bond acceptors (Lipinski definition) is 6. The van der Waals surface area contributed by atoms with E-state index in [0.717, 1.165) is 17.0 Å². The van der Waals surface area contributed by atoms with Crippen LogP contribution in [0, 0.1) is 5.41 Å². The summed E-state index contributed by atoms with van der Waals surface area (Å²) in [5.41, 5.74) is 1.18. The fraction of sp³-hybridized carbons (Fsp3) is 0.609. The second kappa shape index (κ2) is 7.96. The van der Waals surface area contributed by atoms with E-state index in [1.807, 2.05) is 28.8 Å². The standard InChI is InChI=1S/C23H32N2O5/c1-21(2)15-22(27,9-10-23(21)29-12-13-30-23)20-19(8-11-26)25(16-24-20)14-17-4-6-18(28-3)7-5-17/h4-7,16,26-27H,8-15H2,1-3H3. The predicted molar refractivity (Wildman–Crippen MR) is 111 cm³/mol. The smallest absolute Gasteiger partial charge is 0.173 e. The lowest BCUT2D eigenvalue weighted by Gasteiger charge is -2.51. The van der Waals surface area contributed by atoms with E-state index in [9.17, 15) is 10.2 Å². The molecule has 164 valence electrons. The summed E-state index contributed by atoms with van der Waals surface area (Å²) in [4.78, 5) is 4.64. The molecule has 1 saturated heterocycles. The number of aromatic nitrogens is 2. The van der Waals surface area contributed by atoms with Crippen molar-refractivity contribution in [2.75, 3.05) is 26.9 Å². The zero-order valence-electron chi connectivity index (χ0n) is 18.1. The average molecular weight is 417 g/mol. The summed E-state index contributed by atoms with van der Waals surface area (Å²) in [5, 5.41) is 21.4. The Hall–Kier alpha value is -1.93. The highest BCUT2D eigenvalue weighted by atomic mass is 16.7. The maximum absolute atomic E-state index is 11.7. The van der Waals surface area contributed by atoms with Gasteiger partial charge in [0.05, 0.1) is 32.3 Å². The first-order valence-electron chi connectivity index (χ1n) is 10.6. The molecule has 0 radical (unpaired) electrons. The predicted octanol–water partition coefficient (Wildman–Crippen LogP) is 2.62. The Morgan fingerprint density at radius 3 is 2.43 bits per heavy atom. The quantitative estimate of drug-likeness (QED) is 0.753. The Balaban J connectivity index is 1.62. The van der Waals surface area contributed by atoms with E-state index in [1.165, 1.54) is 0 Å². The van der Waals surface area contributed by atoms with Crippen molar-refractivity contribution < 1.29 is 24.4 Å². The SMILES string of the molecule is COc1ccc(Cn2cnc(C3(O)CCC4(OCCO4)C(C)(C)C3)c2CCO)cc1. The highest BCUT2D eigenvalue weighted by Crippen LogP contribution is 2.55. The molecule has 30 heavy (non-hydrogen) atoms. The summed E-state index contributed by atoms with van der Waals surface area (Å²) < 4.78 is 19.2. The van der Waals surface area contributed by atoms with Crippen LogP contribution >= 0.6 is 0 Å². The summed E-state index contributed by atoms with van der Waals surface area (Å²) in [6.07, 6.45) is 3.81. The molecule has 2 fully saturated rings. The summed E-state index contributed by atoms with van der Waals surface area (Å²) in [6.45, 7) is 5.96. The molecule has 1 aliphatic heterocycles. The van der Waals surface area contributed by atoms with E-state index in [1.54, 1.807) is 13.4 Å². The Morgan fingerprint density at radius 2 is 1.83 bits per heavy atom. The molecule has 1 unspecified atom stereocenters. The van der Waals surface area contributed by atoms with Gasteiger partial charge in [-0.1, -0.05) is 26.0 Å². The van der Waals surface area contributed by atoms with Gasteiger partial charge in [0.2, 0.25) is 0 Å². The van der Waals surface area contributed by atoms with Gasteiger partial charge in [0, 0.05) is 37.1 Å². The second-order valence-electron chi connectivity index (χ2n) is 9.03. The Bertz CT molecular complexity index is 870. The number of imidazole rings is 1. The Morgan fingerprint density at radius 1 is 1.13 bits per heavy atom. The van der Waals surface area contributed by atoms with E-state index >= 15 is 0 Å². The van der Waals surface area contributed by atoms with Crippen molar-refractivity contribution >= 4 is 0 Å². The highest BCUT2D eigenvalue weighted by molar-refractivity contribution is 5.29. The van der Waals surface area contributed by atoms with Crippen LogP contribution in [0.25, 0.3) is 0 Å². The van der Waals surface area contributed by atoms with Crippen molar-refractivity contribution in [3.63, 3.8) is 0 Å². The van der Waals surface area contributed by atoms with E-state index in [4.69, 9.17) is 14.2 Å². The molecule has 1 saturated carbocycles. The normalized spacial score (nSPS) is 25.0. The monoisotopic (exact) mass is 416 g/mol. The lowest BCUT2D eigenvalue weighted by molar-refractivity contribution is -0.273. The topological polar surface area (TPSA) is 86.0 Å². The van der Waals surface area contributed by atoms with E-state index in [2.05, 4.69) is 18.8 Å². The minimum Gasteiger partial charge on any atom is -0.497 e. The molecule has 2 aliphatic rings.